The van der Waals surface area contributed by atoms with Crippen LogP contribution >= 0.6 is 34.8 Å². The molecule has 0 unspecified atom stereocenters. The highest BCUT2D eigenvalue weighted by atomic mass is 35.6. The summed E-state index contributed by atoms with van der Waals surface area (Å²) in [6, 6.07) is 9.40. The fourth-order valence-corrected chi connectivity index (χ4v) is 1.67. The molecule has 110 valence electrons. The van der Waals surface area contributed by atoms with E-state index in [-0.39, 0.29) is 6.04 Å². The summed E-state index contributed by atoms with van der Waals surface area (Å²) >= 11 is 16.5. The molecule has 0 saturated heterocycles. The number of hydrogen-bond donors (Lipinski definition) is 1. The molecule has 0 aliphatic rings. The molecule has 0 spiro atoms. The van der Waals surface area contributed by atoms with Crippen molar-refractivity contribution in [3.63, 3.8) is 0 Å². The van der Waals surface area contributed by atoms with Gasteiger partial charge < -0.3 is 10.1 Å². The zero-order valence-corrected chi connectivity index (χ0v) is 13.3. The smallest absolute Gasteiger partial charge is 0.272 e. The van der Waals surface area contributed by atoms with Gasteiger partial charge in [-0.15, -0.1) is 0 Å². The highest BCUT2D eigenvalue weighted by Crippen LogP contribution is 2.26. The van der Waals surface area contributed by atoms with E-state index in [4.69, 9.17) is 39.5 Å². The minimum atomic E-state index is -1.97. The number of allylic oxidation sites excluding steroid dienone is 1. The zero-order chi connectivity index (χ0) is 15.0. The van der Waals surface area contributed by atoms with Crippen molar-refractivity contribution < 1.29 is 9.53 Å². The van der Waals surface area contributed by atoms with Crippen LogP contribution in [-0.4, -0.2) is 22.3 Å². The SMILES string of the molecule is C/C=C/[C@H](COCc1ccccc1)NC(=O)C(Cl)(Cl)Cl. The number of hydrogen-bond acceptors (Lipinski definition) is 2. The first-order chi connectivity index (χ1) is 9.43. The average Bonchev–Trinajstić information content (AvgIpc) is 2.39. The first-order valence-electron chi connectivity index (χ1n) is 6.05. The van der Waals surface area contributed by atoms with Crippen molar-refractivity contribution in [2.45, 2.75) is 23.4 Å². The Morgan fingerprint density at radius 1 is 1.35 bits per heavy atom. The Kier molecular flexibility index (Phi) is 7.38. The molecule has 6 heteroatoms. The standard InChI is InChI=1S/C14H16Cl3NO2/c1-2-6-12(18-13(19)14(15,16)17)10-20-9-11-7-4-3-5-8-11/h2-8,12H,9-10H2,1H3,(H,18,19)/b6-2+/t12-/m1/s1. The van der Waals surface area contributed by atoms with Gasteiger partial charge in [-0.2, -0.15) is 0 Å². The normalized spacial score (nSPS) is 13.4. The van der Waals surface area contributed by atoms with Crippen LogP contribution < -0.4 is 5.32 Å². The van der Waals surface area contributed by atoms with Crippen molar-refractivity contribution in [2.75, 3.05) is 6.61 Å². The van der Waals surface area contributed by atoms with Gasteiger partial charge in [0.2, 0.25) is 0 Å². The summed E-state index contributed by atoms with van der Waals surface area (Å²) in [4.78, 5) is 11.6. The number of benzene rings is 1. The Morgan fingerprint density at radius 3 is 2.55 bits per heavy atom. The van der Waals surface area contributed by atoms with E-state index in [0.29, 0.717) is 13.2 Å². The lowest BCUT2D eigenvalue weighted by molar-refractivity contribution is -0.121. The molecule has 0 fully saturated rings. The third-order valence-electron chi connectivity index (χ3n) is 2.41. The minimum Gasteiger partial charge on any atom is -0.374 e. The fourth-order valence-electron chi connectivity index (χ4n) is 1.51. The van der Waals surface area contributed by atoms with E-state index in [9.17, 15) is 4.79 Å². The van der Waals surface area contributed by atoms with E-state index < -0.39 is 9.70 Å². The van der Waals surface area contributed by atoms with Gasteiger partial charge in [-0.05, 0) is 12.5 Å². The number of carbonyl (C=O) groups excluding carboxylic acids is 1. The Labute approximate surface area is 133 Å². The molecule has 1 atom stereocenters. The van der Waals surface area contributed by atoms with Gasteiger partial charge in [0.05, 0.1) is 19.3 Å². The lowest BCUT2D eigenvalue weighted by atomic mass is 10.2. The van der Waals surface area contributed by atoms with Crippen LogP contribution in [0.1, 0.15) is 12.5 Å². The Bertz CT molecular complexity index is 443. The number of amides is 1. The molecule has 1 N–H and O–H groups in total. The first-order valence-corrected chi connectivity index (χ1v) is 7.19. The molecule has 1 rings (SSSR count). The van der Waals surface area contributed by atoms with E-state index in [1.807, 2.05) is 37.3 Å². The number of nitrogens with one attached hydrogen (secondary N) is 1. The van der Waals surface area contributed by atoms with E-state index in [0.717, 1.165) is 5.56 Å². The molecule has 1 aromatic rings. The van der Waals surface area contributed by atoms with Crippen molar-refractivity contribution in [3.05, 3.63) is 48.0 Å². The highest BCUT2D eigenvalue weighted by molar-refractivity contribution is 6.76. The fraction of sp³-hybridized carbons (Fsp3) is 0.357. The lowest BCUT2D eigenvalue weighted by Gasteiger charge is -2.18. The molecule has 0 aromatic heterocycles. The number of ether oxygens (including phenoxy) is 1. The summed E-state index contributed by atoms with van der Waals surface area (Å²) in [6.07, 6.45) is 3.58. The van der Waals surface area contributed by atoms with Crippen molar-refractivity contribution in [1.29, 1.82) is 0 Å². The van der Waals surface area contributed by atoms with E-state index in [1.54, 1.807) is 12.2 Å². The van der Waals surface area contributed by atoms with Crippen molar-refractivity contribution in [2.24, 2.45) is 0 Å². The molecule has 0 aliphatic heterocycles. The second kappa shape index (κ2) is 8.53. The quantitative estimate of drug-likeness (QED) is 0.636. The van der Waals surface area contributed by atoms with E-state index >= 15 is 0 Å². The van der Waals surface area contributed by atoms with Crippen LogP contribution in [0.4, 0.5) is 0 Å². The molecule has 3 nitrogen and oxygen atoms in total. The predicted molar refractivity (Wildman–Crippen MR) is 83.1 cm³/mol. The molecular formula is C14H16Cl3NO2. The van der Waals surface area contributed by atoms with E-state index in [2.05, 4.69) is 5.32 Å². The predicted octanol–water partition coefficient (Wildman–Crippen LogP) is 3.63. The van der Waals surface area contributed by atoms with Crippen LogP contribution in [-0.2, 0) is 16.1 Å². The molecule has 0 aliphatic carbocycles. The first kappa shape index (κ1) is 17.3. The van der Waals surface area contributed by atoms with Crippen molar-refractivity contribution >= 4 is 40.7 Å². The van der Waals surface area contributed by atoms with Gasteiger partial charge >= 0.3 is 0 Å². The van der Waals surface area contributed by atoms with Gasteiger partial charge in [0.15, 0.2) is 0 Å². The monoisotopic (exact) mass is 335 g/mol. The number of carbonyl (C=O) groups is 1. The summed E-state index contributed by atoms with van der Waals surface area (Å²) in [5, 5.41) is 2.60. The van der Waals surface area contributed by atoms with Gasteiger partial charge in [-0.3, -0.25) is 4.79 Å². The van der Waals surface area contributed by atoms with Crippen LogP contribution in [0, 0.1) is 0 Å². The number of rotatable bonds is 6. The molecule has 1 aromatic carbocycles. The van der Waals surface area contributed by atoms with Crippen LogP contribution in [0.5, 0.6) is 0 Å². The Hall–Kier alpha value is -0.740. The summed E-state index contributed by atoms with van der Waals surface area (Å²) in [6.45, 7) is 2.59. The van der Waals surface area contributed by atoms with Crippen LogP contribution in [0.15, 0.2) is 42.5 Å². The third kappa shape index (κ3) is 6.62. The summed E-state index contributed by atoms with van der Waals surface area (Å²) in [5.74, 6) is -0.672. The van der Waals surface area contributed by atoms with E-state index in [1.165, 1.54) is 0 Å². The second-order valence-electron chi connectivity index (χ2n) is 4.10. The summed E-state index contributed by atoms with van der Waals surface area (Å²) < 4.78 is 3.58. The van der Waals surface area contributed by atoms with Crippen molar-refractivity contribution in [1.82, 2.24) is 5.32 Å². The van der Waals surface area contributed by atoms with Gasteiger partial charge in [0.25, 0.3) is 9.70 Å². The summed E-state index contributed by atoms with van der Waals surface area (Å²) in [7, 11) is 0. The molecule has 20 heavy (non-hydrogen) atoms. The molecule has 0 heterocycles. The van der Waals surface area contributed by atoms with Crippen LogP contribution in [0.3, 0.4) is 0 Å². The average molecular weight is 337 g/mol. The molecule has 0 bridgehead atoms. The van der Waals surface area contributed by atoms with Crippen molar-refractivity contribution in [3.8, 4) is 0 Å². The van der Waals surface area contributed by atoms with Gasteiger partial charge in [0.1, 0.15) is 0 Å². The molecule has 0 saturated carbocycles. The zero-order valence-electron chi connectivity index (χ0n) is 11.0. The maximum atomic E-state index is 11.6. The molecule has 1 amide bonds. The topological polar surface area (TPSA) is 38.3 Å². The lowest BCUT2D eigenvalue weighted by Crippen LogP contribution is -2.43. The van der Waals surface area contributed by atoms with Crippen LogP contribution in [0.2, 0.25) is 0 Å². The maximum absolute atomic E-state index is 11.6. The molecular weight excluding hydrogens is 321 g/mol. The largest absolute Gasteiger partial charge is 0.374 e. The Morgan fingerprint density at radius 2 is 2.00 bits per heavy atom. The molecule has 0 radical (unpaired) electrons. The number of alkyl halides is 3. The Balaban J connectivity index is 2.45. The number of halogens is 3. The second-order valence-corrected chi connectivity index (χ2v) is 6.39. The summed E-state index contributed by atoms with van der Waals surface area (Å²) in [5.41, 5.74) is 1.06. The minimum absolute atomic E-state index is 0.297. The van der Waals surface area contributed by atoms with Crippen LogP contribution in [0.25, 0.3) is 0 Å². The highest BCUT2D eigenvalue weighted by Gasteiger charge is 2.31. The van der Waals surface area contributed by atoms with Gasteiger partial charge in [0, 0.05) is 0 Å². The third-order valence-corrected chi connectivity index (χ3v) is 2.92. The van der Waals surface area contributed by atoms with Gasteiger partial charge in [-0.1, -0.05) is 77.3 Å². The maximum Gasteiger partial charge on any atom is 0.272 e. The van der Waals surface area contributed by atoms with Gasteiger partial charge in [-0.25, -0.2) is 0 Å².